The van der Waals surface area contributed by atoms with Crippen LogP contribution in [-0.4, -0.2) is 66.0 Å². The number of aryl methyl sites for hydroxylation is 1. The first-order valence-corrected chi connectivity index (χ1v) is 10.6. The molecule has 3 heterocycles. The van der Waals surface area contributed by atoms with Crippen molar-refractivity contribution >= 4 is 33.1 Å². The smallest absolute Gasteiger partial charge is 0.355 e. The number of aromatic nitrogens is 3. The molecule has 0 bridgehead atoms. The fourth-order valence-corrected chi connectivity index (χ4v) is 4.77. The summed E-state index contributed by atoms with van der Waals surface area (Å²) in [6.45, 7) is 1.45. The topological polar surface area (TPSA) is 106 Å². The summed E-state index contributed by atoms with van der Waals surface area (Å²) >= 11 is 6.16. The Morgan fingerprint density at radius 2 is 2.03 bits per heavy atom. The highest BCUT2D eigenvalue weighted by Gasteiger charge is 2.34. The van der Waals surface area contributed by atoms with Crippen molar-refractivity contribution in [3.63, 3.8) is 0 Å². The number of alkyl halides is 3. The van der Waals surface area contributed by atoms with Crippen LogP contribution in [-0.2, 0) is 14.9 Å². The van der Waals surface area contributed by atoms with Gasteiger partial charge in [-0.3, -0.25) is 4.74 Å². The number of ether oxygens (including phenoxy) is 1. The highest BCUT2D eigenvalue weighted by Crippen LogP contribution is 2.29. The molecule has 0 unspecified atom stereocenters. The molecule has 29 heavy (non-hydrogen) atoms. The quantitative estimate of drug-likeness (QED) is 0.709. The maximum absolute atomic E-state index is 12.2. The zero-order valence-corrected chi connectivity index (χ0v) is 17.0. The fourth-order valence-electron chi connectivity index (χ4n) is 3.53. The van der Waals surface area contributed by atoms with E-state index < -0.39 is 35.8 Å². The van der Waals surface area contributed by atoms with Crippen LogP contribution < -0.4 is 10.0 Å². The first kappa shape index (κ1) is 22.0. The first-order chi connectivity index (χ1) is 13.5. The third-order valence-corrected chi connectivity index (χ3v) is 6.16. The largest absolute Gasteiger partial charge is 0.522 e. The van der Waals surface area contributed by atoms with Crippen LogP contribution in [0, 0.1) is 6.92 Å². The zero-order valence-electron chi connectivity index (χ0n) is 15.4. The Morgan fingerprint density at radius 3 is 2.62 bits per heavy atom. The summed E-state index contributed by atoms with van der Waals surface area (Å²) in [5, 5.41) is 9.78. The second-order valence-corrected chi connectivity index (χ2v) is 8.55. The second-order valence-electron chi connectivity index (χ2n) is 6.66. The number of fused-ring (bicyclic) bond motifs is 1. The van der Waals surface area contributed by atoms with Gasteiger partial charge < -0.3 is 4.90 Å². The van der Waals surface area contributed by atoms with Gasteiger partial charge >= 0.3 is 6.36 Å². The Hall–Kier alpha value is -1.67. The molecule has 0 aliphatic carbocycles. The lowest BCUT2D eigenvalue weighted by atomic mass is 10.0. The van der Waals surface area contributed by atoms with E-state index in [0.717, 1.165) is 15.4 Å². The molecular formula is C15H20ClF3N6O3S. The normalized spacial score (nSPS) is 16.9. The summed E-state index contributed by atoms with van der Waals surface area (Å²) in [4.78, 5) is 6.30. The number of anilines is 1. The standard InChI is InChI=1S/C15H20ClF3N6O3S/c1-10-8-12(16)25-13(10)14(21-9-22-25)23-4-2-11(3-5-23)24(29(20,26)27)6-7-28-15(17,18)19/h8-9,11H,2-7H2,1H3,(H2,20,26,27). The van der Waals surface area contributed by atoms with E-state index in [2.05, 4.69) is 14.8 Å². The molecule has 1 saturated heterocycles. The number of nitrogens with two attached hydrogens (primary N) is 1. The summed E-state index contributed by atoms with van der Waals surface area (Å²) in [5.41, 5.74) is 1.64. The maximum Gasteiger partial charge on any atom is 0.522 e. The van der Waals surface area contributed by atoms with Crippen LogP contribution in [0.4, 0.5) is 19.0 Å². The van der Waals surface area contributed by atoms with Crippen LogP contribution in [0.25, 0.3) is 5.52 Å². The van der Waals surface area contributed by atoms with Gasteiger partial charge in [-0.05, 0) is 31.4 Å². The van der Waals surface area contributed by atoms with E-state index in [1.54, 1.807) is 10.6 Å². The van der Waals surface area contributed by atoms with E-state index >= 15 is 0 Å². The minimum atomic E-state index is -4.83. The molecule has 0 amide bonds. The molecule has 3 rings (SSSR count). The maximum atomic E-state index is 12.2. The minimum Gasteiger partial charge on any atom is -0.355 e. The summed E-state index contributed by atoms with van der Waals surface area (Å²) < 4.78 is 66.5. The molecule has 0 atom stereocenters. The summed E-state index contributed by atoms with van der Waals surface area (Å²) in [6, 6.07) is 1.23. The molecule has 0 spiro atoms. The lowest BCUT2D eigenvalue weighted by Gasteiger charge is -2.37. The Balaban J connectivity index is 1.72. The van der Waals surface area contributed by atoms with E-state index in [9.17, 15) is 21.6 Å². The van der Waals surface area contributed by atoms with Gasteiger partial charge in [-0.15, -0.1) is 13.2 Å². The van der Waals surface area contributed by atoms with Gasteiger partial charge in [0.05, 0.1) is 6.61 Å². The number of hydrogen-bond donors (Lipinski definition) is 1. The average Bonchev–Trinajstić information content (AvgIpc) is 2.91. The third-order valence-electron chi connectivity index (χ3n) is 4.76. The summed E-state index contributed by atoms with van der Waals surface area (Å²) in [5.74, 6) is 0.658. The van der Waals surface area contributed by atoms with Crippen molar-refractivity contribution in [2.45, 2.75) is 32.2 Å². The van der Waals surface area contributed by atoms with E-state index in [4.69, 9.17) is 16.7 Å². The highest BCUT2D eigenvalue weighted by atomic mass is 35.5. The van der Waals surface area contributed by atoms with Crippen molar-refractivity contribution < 1.29 is 26.3 Å². The van der Waals surface area contributed by atoms with Crippen molar-refractivity contribution in [1.29, 1.82) is 0 Å². The van der Waals surface area contributed by atoms with Crippen LogP contribution >= 0.6 is 11.6 Å². The SMILES string of the molecule is Cc1cc(Cl)n2ncnc(N3CCC(N(CCOC(F)(F)F)S(N)(=O)=O)CC3)c12. The predicted octanol–water partition coefficient (Wildman–Crippen LogP) is 1.70. The molecule has 1 fully saturated rings. The molecule has 0 saturated carbocycles. The van der Waals surface area contributed by atoms with E-state index in [0.29, 0.717) is 36.9 Å². The van der Waals surface area contributed by atoms with Gasteiger partial charge in [-0.25, -0.2) is 14.6 Å². The Bertz CT molecular complexity index is 976. The summed E-state index contributed by atoms with van der Waals surface area (Å²) in [6.07, 6.45) is -2.72. The molecule has 1 aliphatic rings. The molecule has 162 valence electrons. The van der Waals surface area contributed by atoms with Crippen molar-refractivity contribution in [3.8, 4) is 0 Å². The Labute approximate surface area is 170 Å². The molecule has 14 heteroatoms. The van der Waals surface area contributed by atoms with Crippen molar-refractivity contribution in [1.82, 2.24) is 18.9 Å². The Morgan fingerprint density at radius 1 is 1.38 bits per heavy atom. The molecule has 1 aliphatic heterocycles. The van der Waals surface area contributed by atoms with Crippen LogP contribution in [0.5, 0.6) is 0 Å². The molecule has 9 nitrogen and oxygen atoms in total. The first-order valence-electron chi connectivity index (χ1n) is 8.71. The lowest BCUT2D eigenvalue weighted by Crippen LogP contribution is -2.51. The van der Waals surface area contributed by atoms with Crippen LogP contribution in [0.3, 0.4) is 0 Å². The molecule has 2 aromatic heterocycles. The predicted molar refractivity (Wildman–Crippen MR) is 99.8 cm³/mol. The zero-order chi connectivity index (χ0) is 21.4. The third kappa shape index (κ3) is 5.09. The van der Waals surface area contributed by atoms with Gasteiger partial charge in [0.1, 0.15) is 17.0 Å². The number of hydrogen-bond acceptors (Lipinski definition) is 6. The lowest BCUT2D eigenvalue weighted by molar-refractivity contribution is -0.324. The molecule has 2 N–H and O–H groups in total. The van der Waals surface area contributed by atoms with Gasteiger partial charge in [0.25, 0.3) is 10.2 Å². The minimum absolute atomic E-state index is 0.367. The number of rotatable bonds is 6. The van der Waals surface area contributed by atoms with E-state index in [1.807, 2.05) is 11.8 Å². The Kier molecular flexibility index (Phi) is 6.24. The molecule has 0 aromatic carbocycles. The van der Waals surface area contributed by atoms with Gasteiger partial charge in [0.2, 0.25) is 0 Å². The van der Waals surface area contributed by atoms with Crippen LogP contribution in [0.1, 0.15) is 18.4 Å². The van der Waals surface area contributed by atoms with Gasteiger partial charge in [0, 0.05) is 25.7 Å². The fraction of sp³-hybridized carbons (Fsp3) is 0.600. The van der Waals surface area contributed by atoms with Crippen LogP contribution in [0.2, 0.25) is 5.15 Å². The number of piperidine rings is 1. The highest BCUT2D eigenvalue weighted by molar-refractivity contribution is 7.86. The van der Waals surface area contributed by atoms with Crippen molar-refractivity contribution in [2.24, 2.45) is 5.14 Å². The molecule has 0 radical (unpaired) electrons. The van der Waals surface area contributed by atoms with E-state index in [1.165, 1.54) is 6.33 Å². The van der Waals surface area contributed by atoms with Crippen molar-refractivity contribution in [3.05, 3.63) is 23.1 Å². The van der Waals surface area contributed by atoms with Crippen LogP contribution in [0.15, 0.2) is 12.4 Å². The van der Waals surface area contributed by atoms with Gasteiger partial charge in [0.15, 0.2) is 5.82 Å². The monoisotopic (exact) mass is 456 g/mol. The molecule has 2 aromatic rings. The number of nitrogens with zero attached hydrogens (tertiary/aromatic N) is 5. The van der Waals surface area contributed by atoms with Gasteiger partial charge in [-0.1, -0.05) is 11.6 Å². The second kappa shape index (κ2) is 8.22. The van der Waals surface area contributed by atoms with E-state index in [-0.39, 0.29) is 0 Å². The number of halogens is 4. The van der Waals surface area contributed by atoms with Crippen molar-refractivity contribution in [2.75, 3.05) is 31.1 Å². The molecular weight excluding hydrogens is 437 g/mol. The average molecular weight is 457 g/mol. The summed E-state index contributed by atoms with van der Waals surface area (Å²) in [7, 11) is -4.18. The van der Waals surface area contributed by atoms with Gasteiger partial charge in [-0.2, -0.15) is 17.8 Å².